The predicted molar refractivity (Wildman–Crippen MR) is 129 cm³/mol. The van der Waals surface area contributed by atoms with Gasteiger partial charge in [0, 0.05) is 24.0 Å². The number of imidazole rings is 1. The van der Waals surface area contributed by atoms with Gasteiger partial charge >= 0.3 is 5.97 Å². The van der Waals surface area contributed by atoms with E-state index >= 15 is 0 Å². The van der Waals surface area contributed by atoms with Crippen molar-refractivity contribution < 1.29 is 17.9 Å². The van der Waals surface area contributed by atoms with E-state index in [2.05, 4.69) is 14.5 Å². The van der Waals surface area contributed by atoms with Crippen LogP contribution in [0.15, 0.2) is 53.9 Å². The second-order valence-corrected chi connectivity index (χ2v) is 11.9. The molecule has 0 bridgehead atoms. The average molecular weight is 481 g/mol. The van der Waals surface area contributed by atoms with Gasteiger partial charge in [0.1, 0.15) is 11.1 Å². The van der Waals surface area contributed by atoms with E-state index < -0.39 is 15.6 Å². The molecule has 9 heteroatoms. The third kappa shape index (κ3) is 3.98. The Morgan fingerprint density at radius 2 is 1.82 bits per heavy atom. The molecule has 3 aromatic heterocycles. The molecular formula is C25H28N4O4S. The number of nitrogens with zero attached hydrogens (tertiary/aromatic N) is 4. The van der Waals surface area contributed by atoms with Crippen molar-refractivity contribution in [3.05, 3.63) is 54.6 Å². The van der Waals surface area contributed by atoms with Crippen LogP contribution < -0.4 is 0 Å². The van der Waals surface area contributed by atoms with Crippen molar-refractivity contribution in [3.8, 4) is 0 Å². The highest BCUT2D eigenvalue weighted by Crippen LogP contribution is 2.42. The number of esters is 1. The molecule has 4 aromatic rings. The molecule has 0 amide bonds. The molecule has 34 heavy (non-hydrogen) atoms. The lowest BCUT2D eigenvalue weighted by molar-refractivity contribution is -0.157. The third-order valence-electron chi connectivity index (χ3n) is 6.27. The van der Waals surface area contributed by atoms with Gasteiger partial charge in [-0.25, -0.2) is 22.4 Å². The fraction of sp³-hybridized carbons (Fsp3) is 0.400. The van der Waals surface area contributed by atoms with E-state index in [0.29, 0.717) is 17.6 Å². The van der Waals surface area contributed by atoms with Gasteiger partial charge in [0.2, 0.25) is 0 Å². The van der Waals surface area contributed by atoms with E-state index in [4.69, 9.17) is 4.74 Å². The predicted octanol–water partition coefficient (Wildman–Crippen LogP) is 4.61. The van der Waals surface area contributed by atoms with Crippen molar-refractivity contribution in [2.75, 3.05) is 0 Å². The van der Waals surface area contributed by atoms with E-state index in [9.17, 15) is 13.2 Å². The second-order valence-electron chi connectivity index (χ2n) is 10.1. The van der Waals surface area contributed by atoms with Crippen molar-refractivity contribution in [2.24, 2.45) is 5.92 Å². The fourth-order valence-corrected chi connectivity index (χ4v) is 5.90. The Morgan fingerprint density at radius 3 is 2.50 bits per heavy atom. The summed E-state index contributed by atoms with van der Waals surface area (Å²) >= 11 is 0. The van der Waals surface area contributed by atoms with Gasteiger partial charge in [-0.15, -0.1) is 0 Å². The zero-order chi connectivity index (χ0) is 24.3. The molecule has 0 spiro atoms. The van der Waals surface area contributed by atoms with E-state index in [1.165, 1.54) is 3.97 Å². The second kappa shape index (κ2) is 7.94. The lowest BCUT2D eigenvalue weighted by Gasteiger charge is -2.36. The highest BCUT2D eigenvalue weighted by Gasteiger charge is 2.34. The van der Waals surface area contributed by atoms with E-state index in [1.54, 1.807) is 49.1 Å². The largest absolute Gasteiger partial charge is 0.460 e. The Kier molecular flexibility index (Phi) is 5.27. The van der Waals surface area contributed by atoms with Crippen LogP contribution in [0.5, 0.6) is 0 Å². The normalized spacial score (nSPS) is 18.8. The van der Waals surface area contributed by atoms with Crippen LogP contribution in [0.3, 0.4) is 0 Å². The lowest BCUT2D eigenvalue weighted by atomic mass is 9.78. The number of carbonyl (C=O) groups excluding carboxylic acids is 1. The lowest BCUT2D eigenvalue weighted by Crippen LogP contribution is -2.31. The van der Waals surface area contributed by atoms with Gasteiger partial charge in [-0.1, -0.05) is 17.7 Å². The summed E-state index contributed by atoms with van der Waals surface area (Å²) in [5.41, 5.74) is 2.47. The molecule has 0 unspecified atom stereocenters. The molecule has 0 saturated heterocycles. The quantitative estimate of drug-likeness (QED) is 0.387. The van der Waals surface area contributed by atoms with Crippen LogP contribution in [0.4, 0.5) is 0 Å². The molecule has 5 rings (SSSR count). The summed E-state index contributed by atoms with van der Waals surface area (Å²) in [6, 6.07) is 8.76. The smallest absolute Gasteiger partial charge is 0.306 e. The fourth-order valence-electron chi connectivity index (χ4n) is 4.59. The van der Waals surface area contributed by atoms with E-state index in [1.807, 2.05) is 27.7 Å². The summed E-state index contributed by atoms with van der Waals surface area (Å²) in [6.45, 7) is 7.53. The molecule has 1 fully saturated rings. The van der Waals surface area contributed by atoms with Crippen molar-refractivity contribution in [1.82, 2.24) is 18.5 Å². The Bertz CT molecular complexity index is 1490. The molecule has 0 atom stereocenters. The van der Waals surface area contributed by atoms with Gasteiger partial charge in [-0.05, 0) is 64.7 Å². The summed E-state index contributed by atoms with van der Waals surface area (Å²) in [7, 11) is -3.78. The molecule has 1 aliphatic rings. The first-order chi connectivity index (χ1) is 16.0. The number of aromatic nitrogens is 4. The molecule has 0 radical (unpaired) electrons. The van der Waals surface area contributed by atoms with Crippen LogP contribution >= 0.6 is 0 Å². The zero-order valence-electron chi connectivity index (χ0n) is 19.7. The Labute approximate surface area is 198 Å². The maximum atomic E-state index is 13.3. The number of pyridine rings is 1. The van der Waals surface area contributed by atoms with E-state index in [-0.39, 0.29) is 22.8 Å². The molecule has 8 nitrogen and oxygen atoms in total. The third-order valence-corrected chi connectivity index (χ3v) is 7.95. The first-order valence-corrected chi connectivity index (χ1v) is 12.8. The standard InChI is InChI=1S/C25H28N4O4S/c1-16-5-7-19(8-6-16)34(31,32)29-10-9-20-23-21(14-26-24(20)29)27-15-28(23)18-11-17(12-18)13-22(30)33-25(2,3)4/h5-10,14-15,17-18H,11-13H2,1-4H3. The summed E-state index contributed by atoms with van der Waals surface area (Å²) in [5, 5.41) is 0.737. The van der Waals surface area contributed by atoms with Crippen molar-refractivity contribution in [2.45, 2.75) is 63.5 Å². The number of ether oxygens (including phenoxy) is 1. The summed E-state index contributed by atoms with van der Waals surface area (Å²) < 4.78 is 35.3. The Morgan fingerprint density at radius 1 is 1.12 bits per heavy atom. The molecule has 1 aromatic carbocycles. The number of rotatable bonds is 5. The number of carbonyl (C=O) groups is 1. The molecule has 0 N–H and O–H groups in total. The van der Waals surface area contributed by atoms with Crippen LogP contribution in [0.2, 0.25) is 0 Å². The first kappa shape index (κ1) is 22.6. The van der Waals surface area contributed by atoms with Gasteiger partial charge in [-0.2, -0.15) is 0 Å². The van der Waals surface area contributed by atoms with Gasteiger partial charge < -0.3 is 9.30 Å². The molecule has 0 aliphatic heterocycles. The van der Waals surface area contributed by atoms with Crippen LogP contribution in [0.1, 0.15) is 51.6 Å². The minimum Gasteiger partial charge on any atom is -0.460 e. The zero-order valence-corrected chi connectivity index (χ0v) is 20.5. The minimum absolute atomic E-state index is 0.170. The number of aryl methyl sites for hydroxylation is 1. The monoisotopic (exact) mass is 480 g/mol. The minimum atomic E-state index is -3.78. The van der Waals surface area contributed by atoms with Gasteiger partial charge in [0.05, 0.1) is 22.9 Å². The van der Waals surface area contributed by atoms with Crippen LogP contribution in [0.25, 0.3) is 22.1 Å². The topological polar surface area (TPSA) is 96.1 Å². The molecule has 1 aliphatic carbocycles. The number of fused-ring (bicyclic) bond motifs is 3. The Hall–Kier alpha value is -3.20. The van der Waals surface area contributed by atoms with Crippen molar-refractivity contribution >= 4 is 38.1 Å². The summed E-state index contributed by atoms with van der Waals surface area (Å²) in [4.78, 5) is 21.3. The van der Waals surface area contributed by atoms with E-state index in [0.717, 1.165) is 29.3 Å². The SMILES string of the molecule is Cc1ccc(S(=O)(=O)n2ccc3c4c(cnc32)ncn4C2CC(CC(=O)OC(C)(C)C)C2)cc1. The van der Waals surface area contributed by atoms with Crippen molar-refractivity contribution in [3.63, 3.8) is 0 Å². The van der Waals surface area contributed by atoms with Gasteiger partial charge in [0.15, 0.2) is 5.65 Å². The van der Waals surface area contributed by atoms with Crippen LogP contribution in [0, 0.1) is 12.8 Å². The maximum absolute atomic E-state index is 13.3. The summed E-state index contributed by atoms with van der Waals surface area (Å²) in [5.74, 6) is 0.0950. The Balaban J connectivity index is 1.44. The van der Waals surface area contributed by atoms with Crippen molar-refractivity contribution in [1.29, 1.82) is 0 Å². The molecule has 3 heterocycles. The summed E-state index contributed by atoms with van der Waals surface area (Å²) in [6.07, 6.45) is 7.05. The van der Waals surface area contributed by atoms with Crippen LogP contribution in [-0.2, 0) is 19.6 Å². The van der Waals surface area contributed by atoms with Crippen LogP contribution in [-0.4, -0.2) is 38.5 Å². The first-order valence-electron chi connectivity index (χ1n) is 11.4. The highest BCUT2D eigenvalue weighted by atomic mass is 32.2. The van der Waals surface area contributed by atoms with Gasteiger partial charge in [-0.3, -0.25) is 4.79 Å². The molecular weight excluding hydrogens is 452 g/mol. The highest BCUT2D eigenvalue weighted by molar-refractivity contribution is 7.90. The number of hydrogen-bond donors (Lipinski definition) is 0. The molecule has 178 valence electrons. The number of benzene rings is 1. The van der Waals surface area contributed by atoms with Gasteiger partial charge in [0.25, 0.3) is 10.0 Å². The molecule has 1 saturated carbocycles. The average Bonchev–Trinajstić information content (AvgIpc) is 3.33. The number of hydrogen-bond acceptors (Lipinski definition) is 6. The maximum Gasteiger partial charge on any atom is 0.306 e.